The number of fused-ring (bicyclic) bond motifs is 3. The summed E-state index contributed by atoms with van der Waals surface area (Å²) in [5, 5.41) is 6.48. The summed E-state index contributed by atoms with van der Waals surface area (Å²) in [6.07, 6.45) is 5.55. The van der Waals surface area contributed by atoms with Crippen molar-refractivity contribution >= 4 is 23.4 Å². The molecule has 0 spiro atoms. The Kier molecular flexibility index (Phi) is 7.62. The van der Waals surface area contributed by atoms with Crippen LogP contribution in [-0.4, -0.2) is 58.5 Å². The number of hydrogen-bond acceptors (Lipinski definition) is 6. The highest BCUT2D eigenvalue weighted by Gasteiger charge is 2.35. The molecular formula is C27H27ClFN5O3. The van der Waals surface area contributed by atoms with E-state index in [9.17, 15) is 14.0 Å². The van der Waals surface area contributed by atoms with Crippen LogP contribution in [-0.2, 0) is 11.3 Å². The number of halogens is 2. The Labute approximate surface area is 219 Å². The van der Waals surface area contributed by atoms with Gasteiger partial charge >= 0.3 is 0 Å². The Morgan fingerprint density at radius 1 is 1.03 bits per heavy atom. The van der Waals surface area contributed by atoms with Crippen molar-refractivity contribution in [2.75, 3.05) is 19.7 Å². The number of nitrogens with one attached hydrogen (secondary N) is 2. The maximum atomic E-state index is 13.9. The van der Waals surface area contributed by atoms with Crippen LogP contribution in [0.25, 0.3) is 11.4 Å². The van der Waals surface area contributed by atoms with E-state index in [4.69, 9.17) is 16.3 Å². The number of hydrogen-bond donors (Lipinski definition) is 2. The molecule has 10 heteroatoms. The lowest BCUT2D eigenvalue weighted by molar-refractivity contribution is -0.122. The molecule has 1 fully saturated rings. The zero-order valence-corrected chi connectivity index (χ0v) is 20.9. The van der Waals surface area contributed by atoms with E-state index in [0.717, 1.165) is 24.0 Å². The fourth-order valence-electron chi connectivity index (χ4n) is 4.86. The van der Waals surface area contributed by atoms with Crippen LogP contribution in [0.3, 0.4) is 0 Å². The molecule has 1 saturated heterocycles. The molecule has 2 aliphatic rings. The minimum absolute atomic E-state index is 0.00133. The van der Waals surface area contributed by atoms with Crippen LogP contribution < -0.4 is 15.4 Å². The number of carbonyl (C=O) groups is 2. The SMILES string of the molecule is O=C1C[C@@H]2CC[C@H](CNC(=O)c3cc(F)ccc3OCCN1)N2Cc1cnc(-c2ccc(Cl)cc2)nc1. The average Bonchev–Trinajstić information content (AvgIpc) is 3.26. The first kappa shape index (κ1) is 25.1. The highest BCUT2D eigenvalue weighted by atomic mass is 35.5. The fraction of sp³-hybridized carbons (Fsp3) is 0.333. The Hall–Kier alpha value is -3.56. The predicted molar refractivity (Wildman–Crippen MR) is 137 cm³/mol. The third-order valence-electron chi connectivity index (χ3n) is 6.73. The molecule has 2 amide bonds. The zero-order valence-electron chi connectivity index (χ0n) is 20.1. The molecule has 37 heavy (non-hydrogen) atoms. The summed E-state index contributed by atoms with van der Waals surface area (Å²) in [7, 11) is 0. The van der Waals surface area contributed by atoms with Crippen LogP contribution in [0.15, 0.2) is 54.9 Å². The van der Waals surface area contributed by atoms with Crippen LogP contribution in [0.2, 0.25) is 5.02 Å². The van der Waals surface area contributed by atoms with E-state index >= 15 is 0 Å². The summed E-state index contributed by atoms with van der Waals surface area (Å²) in [4.78, 5) is 36.9. The Morgan fingerprint density at radius 2 is 1.78 bits per heavy atom. The number of nitrogens with zero attached hydrogens (tertiary/aromatic N) is 3. The number of amides is 2. The summed E-state index contributed by atoms with van der Waals surface area (Å²) < 4.78 is 19.5. The van der Waals surface area contributed by atoms with Crippen molar-refractivity contribution in [2.24, 2.45) is 0 Å². The summed E-state index contributed by atoms with van der Waals surface area (Å²) in [5.41, 5.74) is 1.91. The normalized spacial score (nSPS) is 20.8. The topological polar surface area (TPSA) is 96.5 Å². The van der Waals surface area contributed by atoms with Gasteiger partial charge in [0.25, 0.3) is 5.91 Å². The second kappa shape index (κ2) is 11.2. The minimum Gasteiger partial charge on any atom is -0.491 e. The number of carbonyl (C=O) groups excluding carboxylic acids is 2. The molecule has 0 unspecified atom stereocenters. The van der Waals surface area contributed by atoms with Gasteiger partial charge in [0.1, 0.15) is 18.2 Å². The molecule has 3 aromatic rings. The molecule has 2 bridgehead atoms. The molecule has 2 atom stereocenters. The van der Waals surface area contributed by atoms with Gasteiger partial charge in [-0.1, -0.05) is 11.6 Å². The number of benzene rings is 2. The van der Waals surface area contributed by atoms with Gasteiger partial charge in [-0.3, -0.25) is 14.5 Å². The number of rotatable bonds is 3. The number of ether oxygens (including phenoxy) is 1. The summed E-state index contributed by atoms with van der Waals surface area (Å²) in [6, 6.07) is 11.2. The van der Waals surface area contributed by atoms with Crippen molar-refractivity contribution in [2.45, 2.75) is 37.9 Å². The largest absolute Gasteiger partial charge is 0.491 e. The first-order chi connectivity index (χ1) is 18.0. The van der Waals surface area contributed by atoms with Gasteiger partial charge < -0.3 is 15.4 Å². The van der Waals surface area contributed by atoms with E-state index in [1.807, 2.05) is 12.1 Å². The smallest absolute Gasteiger partial charge is 0.255 e. The van der Waals surface area contributed by atoms with E-state index in [1.165, 1.54) is 18.2 Å². The molecule has 0 radical (unpaired) electrons. The fourth-order valence-corrected chi connectivity index (χ4v) is 4.98. The summed E-state index contributed by atoms with van der Waals surface area (Å²) >= 11 is 5.98. The Morgan fingerprint density at radius 3 is 2.57 bits per heavy atom. The molecule has 192 valence electrons. The molecule has 0 aliphatic carbocycles. The van der Waals surface area contributed by atoms with E-state index in [0.29, 0.717) is 30.4 Å². The van der Waals surface area contributed by atoms with Crippen molar-refractivity contribution in [1.82, 2.24) is 25.5 Å². The highest BCUT2D eigenvalue weighted by molar-refractivity contribution is 6.30. The van der Waals surface area contributed by atoms with Crippen LogP contribution in [0.4, 0.5) is 4.39 Å². The van der Waals surface area contributed by atoms with Crippen molar-refractivity contribution in [3.63, 3.8) is 0 Å². The molecule has 2 aromatic carbocycles. The maximum absolute atomic E-state index is 13.9. The lowest BCUT2D eigenvalue weighted by Gasteiger charge is -2.30. The van der Waals surface area contributed by atoms with Gasteiger partial charge in [-0.25, -0.2) is 14.4 Å². The predicted octanol–water partition coefficient (Wildman–Crippen LogP) is 3.60. The van der Waals surface area contributed by atoms with Gasteiger partial charge in [0.2, 0.25) is 5.91 Å². The second-order valence-corrected chi connectivity index (χ2v) is 9.67. The van der Waals surface area contributed by atoms with Crippen LogP contribution in [0, 0.1) is 5.82 Å². The summed E-state index contributed by atoms with van der Waals surface area (Å²) in [5.74, 6) is -0.0892. The first-order valence-corrected chi connectivity index (χ1v) is 12.6. The summed E-state index contributed by atoms with van der Waals surface area (Å²) in [6.45, 7) is 1.35. The van der Waals surface area contributed by atoms with Crippen molar-refractivity contribution in [3.8, 4) is 17.1 Å². The Bertz CT molecular complexity index is 1270. The highest BCUT2D eigenvalue weighted by Crippen LogP contribution is 2.29. The van der Waals surface area contributed by atoms with Crippen LogP contribution >= 0.6 is 11.6 Å². The lowest BCUT2D eigenvalue weighted by Crippen LogP contribution is -2.44. The van der Waals surface area contributed by atoms with E-state index < -0.39 is 11.7 Å². The van der Waals surface area contributed by atoms with Gasteiger partial charge in [0.15, 0.2) is 5.82 Å². The van der Waals surface area contributed by atoms with E-state index in [2.05, 4.69) is 25.5 Å². The third-order valence-corrected chi connectivity index (χ3v) is 6.98. The minimum atomic E-state index is -0.517. The molecule has 8 nitrogen and oxygen atoms in total. The molecule has 2 N–H and O–H groups in total. The van der Waals surface area contributed by atoms with Crippen LogP contribution in [0.5, 0.6) is 5.75 Å². The quantitative estimate of drug-likeness (QED) is 0.544. The zero-order chi connectivity index (χ0) is 25.8. The van der Waals surface area contributed by atoms with E-state index in [1.54, 1.807) is 24.5 Å². The van der Waals surface area contributed by atoms with Crippen molar-refractivity contribution in [1.29, 1.82) is 0 Å². The molecular weight excluding hydrogens is 497 g/mol. The average molecular weight is 524 g/mol. The maximum Gasteiger partial charge on any atom is 0.255 e. The monoisotopic (exact) mass is 523 g/mol. The second-order valence-electron chi connectivity index (χ2n) is 9.23. The van der Waals surface area contributed by atoms with Gasteiger partial charge in [0.05, 0.1) is 12.1 Å². The third kappa shape index (κ3) is 6.06. The molecule has 1 aromatic heterocycles. The number of aromatic nitrogens is 2. The molecule has 2 aliphatic heterocycles. The van der Waals surface area contributed by atoms with Crippen molar-refractivity contribution in [3.05, 3.63) is 76.8 Å². The van der Waals surface area contributed by atoms with Gasteiger partial charge in [-0.15, -0.1) is 0 Å². The first-order valence-electron chi connectivity index (χ1n) is 12.3. The van der Waals surface area contributed by atoms with Gasteiger partial charge in [-0.05, 0) is 55.3 Å². The standard InChI is InChI=1S/C27H27ClFN5O3/c28-19-3-1-18(2-4-19)26-31-13-17(14-32-26)16-34-21-6-7-22(34)15-33-27(36)23-11-20(29)5-8-24(23)37-10-9-30-25(35)12-21/h1-5,8,11,13-14,21-22H,6-7,9-10,12,15-16H2,(H,30,35)(H,33,36)/t21-,22+/m0/s1. The van der Waals surface area contributed by atoms with Crippen molar-refractivity contribution < 1.29 is 18.7 Å². The Balaban J connectivity index is 1.35. The van der Waals surface area contributed by atoms with Gasteiger partial charge in [0, 0.05) is 60.1 Å². The lowest BCUT2D eigenvalue weighted by atomic mass is 10.1. The van der Waals surface area contributed by atoms with E-state index in [-0.39, 0.29) is 42.5 Å². The van der Waals surface area contributed by atoms with Crippen LogP contribution in [0.1, 0.15) is 35.2 Å². The molecule has 0 saturated carbocycles. The van der Waals surface area contributed by atoms with Gasteiger partial charge in [-0.2, -0.15) is 0 Å². The molecule has 3 heterocycles. The molecule has 5 rings (SSSR count).